The second kappa shape index (κ2) is 4.78. The van der Waals surface area contributed by atoms with Crippen molar-refractivity contribution < 1.29 is 9.26 Å². The summed E-state index contributed by atoms with van der Waals surface area (Å²) in [6.07, 6.45) is 3.48. The van der Waals surface area contributed by atoms with Gasteiger partial charge in [-0.15, -0.1) is 0 Å². The van der Waals surface area contributed by atoms with Crippen LogP contribution in [0.3, 0.4) is 0 Å². The topological polar surface area (TPSA) is 60.2 Å². The van der Waals surface area contributed by atoms with Crippen LogP contribution < -0.4 is 10.1 Å². The molecular formula is C13H15N3O2. The molecule has 18 heavy (non-hydrogen) atoms. The smallest absolute Gasteiger partial charge is 0.213 e. The number of ether oxygens (including phenoxy) is 1. The Morgan fingerprint density at radius 1 is 1.50 bits per heavy atom. The van der Waals surface area contributed by atoms with Crippen LogP contribution in [0.25, 0.3) is 0 Å². The van der Waals surface area contributed by atoms with Crippen LogP contribution in [0, 0.1) is 0 Å². The predicted octanol–water partition coefficient (Wildman–Crippen LogP) is 1.86. The van der Waals surface area contributed by atoms with E-state index in [-0.39, 0.29) is 0 Å². The van der Waals surface area contributed by atoms with Crippen LogP contribution in [0.15, 0.2) is 29.1 Å². The highest BCUT2D eigenvalue weighted by Crippen LogP contribution is 2.36. The van der Waals surface area contributed by atoms with Crippen LogP contribution in [-0.4, -0.2) is 17.2 Å². The molecule has 0 aliphatic heterocycles. The Labute approximate surface area is 105 Å². The quantitative estimate of drug-likeness (QED) is 0.890. The maximum atomic E-state index is 5.77. The van der Waals surface area contributed by atoms with E-state index in [0.717, 1.165) is 18.6 Å². The molecule has 1 unspecified atom stereocenters. The van der Waals surface area contributed by atoms with E-state index < -0.39 is 0 Å². The van der Waals surface area contributed by atoms with E-state index in [1.165, 1.54) is 17.5 Å². The lowest BCUT2D eigenvalue weighted by molar-refractivity contribution is 0.284. The fourth-order valence-electron chi connectivity index (χ4n) is 2.45. The van der Waals surface area contributed by atoms with E-state index in [2.05, 4.69) is 26.0 Å². The zero-order chi connectivity index (χ0) is 12.4. The summed E-state index contributed by atoms with van der Waals surface area (Å²) in [5, 5.41) is 7.05. The Kier molecular flexibility index (Phi) is 2.98. The highest BCUT2D eigenvalue weighted by molar-refractivity contribution is 5.45. The first-order valence-electron chi connectivity index (χ1n) is 6.05. The molecule has 0 radical (unpaired) electrons. The molecule has 1 heterocycles. The molecule has 2 aromatic rings. The minimum atomic E-state index is 0.344. The van der Waals surface area contributed by atoms with Crippen LogP contribution in [0.4, 0.5) is 0 Å². The van der Waals surface area contributed by atoms with Crippen molar-refractivity contribution >= 4 is 0 Å². The number of fused-ring (bicyclic) bond motifs is 1. The molecule has 1 atom stereocenters. The number of nitrogens with one attached hydrogen (secondary N) is 1. The second-order valence-electron chi connectivity index (χ2n) is 4.34. The molecule has 0 amide bonds. The van der Waals surface area contributed by atoms with E-state index in [1.807, 2.05) is 19.2 Å². The summed E-state index contributed by atoms with van der Waals surface area (Å²) in [5.74, 6) is 1.49. The van der Waals surface area contributed by atoms with Gasteiger partial charge in [0.1, 0.15) is 5.75 Å². The van der Waals surface area contributed by atoms with Gasteiger partial charge in [0.25, 0.3) is 0 Å². The minimum Gasteiger partial charge on any atom is -0.485 e. The third kappa shape index (κ3) is 1.97. The average molecular weight is 245 g/mol. The number of aromatic nitrogens is 2. The molecule has 3 rings (SSSR count). The Morgan fingerprint density at radius 2 is 2.44 bits per heavy atom. The largest absolute Gasteiger partial charge is 0.485 e. The van der Waals surface area contributed by atoms with Crippen molar-refractivity contribution in [1.29, 1.82) is 0 Å². The van der Waals surface area contributed by atoms with Crippen molar-refractivity contribution in [3.8, 4) is 5.75 Å². The first-order chi connectivity index (χ1) is 8.88. The molecule has 0 bridgehead atoms. The zero-order valence-corrected chi connectivity index (χ0v) is 10.2. The standard InChI is InChI=1S/C13H15N3O2/c1-14-11-6-5-10-9(11)3-2-4-12(10)17-7-13-15-8-18-16-13/h2-4,8,11,14H,5-7H2,1H3. The average Bonchev–Trinajstić information content (AvgIpc) is 3.05. The van der Waals surface area contributed by atoms with Crippen molar-refractivity contribution in [2.24, 2.45) is 0 Å². The molecule has 1 aliphatic rings. The highest BCUT2D eigenvalue weighted by Gasteiger charge is 2.23. The van der Waals surface area contributed by atoms with Gasteiger partial charge in [-0.25, -0.2) is 0 Å². The van der Waals surface area contributed by atoms with Crippen LogP contribution >= 0.6 is 0 Å². The van der Waals surface area contributed by atoms with Crippen molar-refractivity contribution in [3.63, 3.8) is 0 Å². The number of nitrogens with zero attached hydrogens (tertiary/aromatic N) is 2. The molecule has 1 aromatic carbocycles. The van der Waals surface area contributed by atoms with Crippen LogP contribution in [-0.2, 0) is 13.0 Å². The Hall–Kier alpha value is -1.88. The molecule has 1 aromatic heterocycles. The first kappa shape index (κ1) is 11.2. The second-order valence-corrected chi connectivity index (χ2v) is 4.34. The zero-order valence-electron chi connectivity index (χ0n) is 10.2. The minimum absolute atomic E-state index is 0.344. The summed E-state index contributed by atoms with van der Waals surface area (Å²) < 4.78 is 10.5. The fourth-order valence-corrected chi connectivity index (χ4v) is 2.45. The summed E-state index contributed by atoms with van der Waals surface area (Å²) in [4.78, 5) is 3.94. The third-order valence-corrected chi connectivity index (χ3v) is 3.34. The number of rotatable bonds is 4. The SMILES string of the molecule is CNC1CCc2c(OCc3ncon3)cccc21. The Bertz CT molecular complexity index is 525. The Balaban J connectivity index is 1.79. The summed E-state index contributed by atoms with van der Waals surface area (Å²) in [7, 11) is 1.99. The van der Waals surface area contributed by atoms with Gasteiger partial charge in [0.05, 0.1) is 0 Å². The molecular weight excluding hydrogens is 230 g/mol. The van der Waals surface area contributed by atoms with Gasteiger partial charge in [-0.05, 0) is 37.1 Å². The molecule has 0 saturated carbocycles. The van der Waals surface area contributed by atoms with Crippen molar-refractivity contribution in [2.75, 3.05) is 7.05 Å². The maximum absolute atomic E-state index is 5.77. The fraction of sp³-hybridized carbons (Fsp3) is 0.385. The summed E-state index contributed by atoms with van der Waals surface area (Å²) in [6.45, 7) is 0.344. The van der Waals surface area contributed by atoms with Gasteiger partial charge >= 0.3 is 0 Å². The molecule has 5 heteroatoms. The lowest BCUT2D eigenvalue weighted by atomic mass is 10.1. The van der Waals surface area contributed by atoms with Gasteiger partial charge in [-0.1, -0.05) is 17.3 Å². The van der Waals surface area contributed by atoms with Gasteiger partial charge in [0.2, 0.25) is 12.2 Å². The van der Waals surface area contributed by atoms with E-state index in [4.69, 9.17) is 4.74 Å². The molecule has 0 spiro atoms. The van der Waals surface area contributed by atoms with Gasteiger partial charge < -0.3 is 14.6 Å². The Morgan fingerprint density at radius 3 is 3.22 bits per heavy atom. The van der Waals surface area contributed by atoms with E-state index in [1.54, 1.807) is 0 Å². The maximum Gasteiger partial charge on any atom is 0.213 e. The van der Waals surface area contributed by atoms with Crippen LogP contribution in [0.2, 0.25) is 0 Å². The number of benzene rings is 1. The predicted molar refractivity (Wildman–Crippen MR) is 65.2 cm³/mol. The molecule has 0 saturated heterocycles. The van der Waals surface area contributed by atoms with Crippen LogP contribution in [0.1, 0.15) is 29.4 Å². The first-order valence-corrected chi connectivity index (χ1v) is 6.05. The number of hydrogen-bond acceptors (Lipinski definition) is 5. The van der Waals surface area contributed by atoms with Gasteiger partial charge in [0.15, 0.2) is 6.61 Å². The van der Waals surface area contributed by atoms with E-state index in [9.17, 15) is 0 Å². The lowest BCUT2D eigenvalue weighted by Gasteiger charge is -2.12. The molecule has 1 N–H and O–H groups in total. The normalized spacial score (nSPS) is 17.7. The monoisotopic (exact) mass is 245 g/mol. The van der Waals surface area contributed by atoms with Gasteiger partial charge in [-0.3, -0.25) is 0 Å². The number of hydrogen-bond donors (Lipinski definition) is 1. The molecule has 5 nitrogen and oxygen atoms in total. The highest BCUT2D eigenvalue weighted by atomic mass is 16.5. The van der Waals surface area contributed by atoms with Crippen molar-refractivity contribution in [2.45, 2.75) is 25.5 Å². The van der Waals surface area contributed by atoms with E-state index >= 15 is 0 Å². The summed E-state index contributed by atoms with van der Waals surface area (Å²) >= 11 is 0. The van der Waals surface area contributed by atoms with Crippen LogP contribution in [0.5, 0.6) is 5.75 Å². The van der Waals surface area contributed by atoms with Crippen molar-refractivity contribution in [3.05, 3.63) is 41.5 Å². The molecule has 1 aliphatic carbocycles. The molecule has 94 valence electrons. The van der Waals surface area contributed by atoms with E-state index in [0.29, 0.717) is 18.5 Å². The third-order valence-electron chi connectivity index (χ3n) is 3.34. The van der Waals surface area contributed by atoms with Gasteiger partial charge in [0, 0.05) is 6.04 Å². The van der Waals surface area contributed by atoms with Gasteiger partial charge in [-0.2, -0.15) is 4.98 Å². The van der Waals surface area contributed by atoms with Crippen molar-refractivity contribution in [1.82, 2.24) is 15.5 Å². The summed E-state index contributed by atoms with van der Waals surface area (Å²) in [6, 6.07) is 6.62. The molecule has 0 fully saturated rings. The summed E-state index contributed by atoms with van der Waals surface area (Å²) in [5.41, 5.74) is 2.63. The lowest BCUT2D eigenvalue weighted by Crippen LogP contribution is -2.12.